The molecule has 0 fully saturated rings. The van der Waals surface area contributed by atoms with Gasteiger partial charge in [0.2, 0.25) is 0 Å². The standard InChI is InChI=1S/C21H27NO2S/c1-4-16(3)21-17(5-2)15-25(23,24)20-14-10-9-13-19(20)22(21)18-11-7-6-8-12-18/h6-14,16-17,21H,4-5,15H2,1-3H3. The summed E-state index contributed by atoms with van der Waals surface area (Å²) in [4.78, 5) is 2.74. The van der Waals surface area contributed by atoms with E-state index in [1.165, 1.54) is 0 Å². The molecule has 1 heterocycles. The third-order valence-electron chi connectivity index (χ3n) is 5.46. The molecule has 2 aromatic carbocycles. The molecule has 0 spiro atoms. The van der Waals surface area contributed by atoms with Gasteiger partial charge in [0.05, 0.1) is 16.3 Å². The molecule has 0 aromatic heterocycles. The Balaban J connectivity index is 2.29. The van der Waals surface area contributed by atoms with Crippen LogP contribution in [0, 0.1) is 11.8 Å². The van der Waals surface area contributed by atoms with Gasteiger partial charge in [0, 0.05) is 11.7 Å². The van der Waals surface area contributed by atoms with Crippen LogP contribution in [0.5, 0.6) is 0 Å². The van der Waals surface area contributed by atoms with E-state index in [1.807, 2.05) is 36.4 Å². The lowest BCUT2D eigenvalue weighted by Crippen LogP contribution is -2.42. The van der Waals surface area contributed by atoms with E-state index in [0.29, 0.717) is 10.8 Å². The molecule has 1 aliphatic heterocycles. The first-order valence-electron chi connectivity index (χ1n) is 9.15. The van der Waals surface area contributed by atoms with Crippen LogP contribution in [0.4, 0.5) is 11.4 Å². The highest BCUT2D eigenvalue weighted by atomic mass is 32.2. The number of fused-ring (bicyclic) bond motifs is 1. The fourth-order valence-corrected chi connectivity index (χ4v) is 5.93. The Kier molecular flexibility index (Phi) is 5.19. The van der Waals surface area contributed by atoms with Crippen LogP contribution in [0.3, 0.4) is 0 Å². The average molecular weight is 358 g/mol. The lowest BCUT2D eigenvalue weighted by molar-refractivity contribution is 0.329. The number of benzene rings is 2. The predicted molar refractivity (Wildman–Crippen MR) is 104 cm³/mol. The van der Waals surface area contributed by atoms with Crippen molar-refractivity contribution in [3.8, 4) is 0 Å². The Morgan fingerprint density at radius 3 is 2.32 bits per heavy atom. The summed E-state index contributed by atoms with van der Waals surface area (Å²) in [5, 5.41) is 0. The van der Waals surface area contributed by atoms with Crippen molar-refractivity contribution in [2.45, 2.75) is 44.6 Å². The average Bonchev–Trinajstić information content (AvgIpc) is 2.74. The van der Waals surface area contributed by atoms with Gasteiger partial charge >= 0.3 is 0 Å². The first-order chi connectivity index (χ1) is 12.0. The molecule has 3 rings (SSSR count). The number of para-hydroxylation sites is 2. The fraction of sp³-hybridized carbons (Fsp3) is 0.429. The van der Waals surface area contributed by atoms with Gasteiger partial charge in [-0.15, -0.1) is 0 Å². The highest BCUT2D eigenvalue weighted by Crippen LogP contribution is 2.42. The van der Waals surface area contributed by atoms with Gasteiger partial charge < -0.3 is 4.90 Å². The van der Waals surface area contributed by atoms with E-state index in [0.717, 1.165) is 24.2 Å². The van der Waals surface area contributed by atoms with E-state index in [2.05, 4.69) is 37.8 Å². The Labute approximate surface area is 151 Å². The summed E-state index contributed by atoms with van der Waals surface area (Å²) in [6.07, 6.45) is 1.87. The van der Waals surface area contributed by atoms with Crippen LogP contribution < -0.4 is 4.90 Å². The number of sulfone groups is 1. The minimum atomic E-state index is -3.30. The van der Waals surface area contributed by atoms with Gasteiger partial charge in [0.1, 0.15) is 0 Å². The van der Waals surface area contributed by atoms with Crippen LogP contribution in [0.1, 0.15) is 33.6 Å². The summed E-state index contributed by atoms with van der Waals surface area (Å²) in [5.74, 6) is 0.720. The fourth-order valence-electron chi connectivity index (χ4n) is 3.98. The summed E-state index contributed by atoms with van der Waals surface area (Å²) in [6.45, 7) is 6.53. The second-order valence-corrected chi connectivity index (χ2v) is 9.00. The highest BCUT2D eigenvalue weighted by molar-refractivity contribution is 7.91. The molecule has 0 radical (unpaired) electrons. The number of nitrogens with zero attached hydrogens (tertiary/aromatic N) is 1. The number of rotatable bonds is 4. The van der Waals surface area contributed by atoms with Crippen molar-refractivity contribution in [3.63, 3.8) is 0 Å². The largest absolute Gasteiger partial charge is 0.337 e. The van der Waals surface area contributed by atoms with Crippen LogP contribution in [-0.2, 0) is 9.84 Å². The molecule has 0 saturated heterocycles. The van der Waals surface area contributed by atoms with Crippen molar-refractivity contribution in [1.82, 2.24) is 0 Å². The van der Waals surface area contributed by atoms with Crippen molar-refractivity contribution >= 4 is 21.2 Å². The minimum absolute atomic E-state index is 0.104. The van der Waals surface area contributed by atoms with Crippen LogP contribution in [-0.4, -0.2) is 20.2 Å². The molecular weight excluding hydrogens is 330 g/mol. The van der Waals surface area contributed by atoms with Crippen molar-refractivity contribution < 1.29 is 8.42 Å². The molecular formula is C21H27NO2S. The summed E-state index contributed by atoms with van der Waals surface area (Å²) in [5.41, 5.74) is 1.88. The Morgan fingerprint density at radius 2 is 1.68 bits per heavy atom. The zero-order valence-electron chi connectivity index (χ0n) is 15.2. The molecule has 1 aliphatic rings. The lowest BCUT2D eigenvalue weighted by atomic mass is 9.85. The number of anilines is 2. The molecule has 25 heavy (non-hydrogen) atoms. The van der Waals surface area contributed by atoms with Crippen molar-refractivity contribution in [1.29, 1.82) is 0 Å². The molecule has 0 amide bonds. The second-order valence-electron chi connectivity index (χ2n) is 7.00. The third kappa shape index (κ3) is 3.32. The van der Waals surface area contributed by atoms with Gasteiger partial charge in [0.15, 0.2) is 9.84 Å². The molecule has 0 saturated carbocycles. The van der Waals surface area contributed by atoms with Crippen molar-refractivity contribution in [3.05, 3.63) is 54.6 Å². The second kappa shape index (κ2) is 7.20. The van der Waals surface area contributed by atoms with Gasteiger partial charge in [-0.3, -0.25) is 0 Å². The van der Waals surface area contributed by atoms with Gasteiger partial charge in [-0.2, -0.15) is 0 Å². The van der Waals surface area contributed by atoms with Gasteiger partial charge in [-0.05, 0) is 36.1 Å². The van der Waals surface area contributed by atoms with Crippen LogP contribution in [0.25, 0.3) is 0 Å². The molecule has 4 heteroatoms. The van der Waals surface area contributed by atoms with E-state index < -0.39 is 9.84 Å². The van der Waals surface area contributed by atoms with Crippen LogP contribution in [0.15, 0.2) is 59.5 Å². The predicted octanol–water partition coefficient (Wildman–Crippen LogP) is 5.05. The topological polar surface area (TPSA) is 37.4 Å². The number of hydrogen-bond acceptors (Lipinski definition) is 3. The summed E-state index contributed by atoms with van der Waals surface area (Å²) < 4.78 is 26.1. The molecule has 3 unspecified atom stereocenters. The summed E-state index contributed by atoms with van der Waals surface area (Å²) >= 11 is 0. The maximum absolute atomic E-state index is 13.1. The van der Waals surface area contributed by atoms with Gasteiger partial charge in [-0.25, -0.2) is 8.42 Å². The van der Waals surface area contributed by atoms with E-state index in [1.54, 1.807) is 6.07 Å². The Morgan fingerprint density at radius 1 is 1.04 bits per heavy atom. The van der Waals surface area contributed by atoms with Crippen molar-refractivity contribution in [2.24, 2.45) is 11.8 Å². The molecule has 3 atom stereocenters. The Hall–Kier alpha value is -1.81. The zero-order chi connectivity index (χ0) is 18.0. The van der Waals surface area contributed by atoms with E-state index >= 15 is 0 Å². The van der Waals surface area contributed by atoms with Crippen LogP contribution in [0.2, 0.25) is 0 Å². The minimum Gasteiger partial charge on any atom is -0.337 e. The maximum atomic E-state index is 13.1. The van der Waals surface area contributed by atoms with E-state index in [4.69, 9.17) is 0 Å². The first kappa shape index (κ1) is 18.0. The van der Waals surface area contributed by atoms with Gasteiger partial charge in [0.25, 0.3) is 0 Å². The van der Waals surface area contributed by atoms with Crippen LogP contribution >= 0.6 is 0 Å². The molecule has 0 bridgehead atoms. The van der Waals surface area contributed by atoms with Crippen molar-refractivity contribution in [2.75, 3.05) is 10.7 Å². The maximum Gasteiger partial charge on any atom is 0.180 e. The zero-order valence-corrected chi connectivity index (χ0v) is 16.0. The first-order valence-corrected chi connectivity index (χ1v) is 10.8. The van der Waals surface area contributed by atoms with E-state index in [-0.39, 0.29) is 17.7 Å². The quantitative estimate of drug-likeness (QED) is 0.768. The normalized spacial score (nSPS) is 23.6. The summed E-state index contributed by atoms with van der Waals surface area (Å²) in [7, 11) is -3.30. The molecule has 3 nitrogen and oxygen atoms in total. The summed E-state index contributed by atoms with van der Waals surface area (Å²) in [6, 6.07) is 17.8. The third-order valence-corrected chi connectivity index (χ3v) is 7.34. The van der Waals surface area contributed by atoms with E-state index in [9.17, 15) is 8.42 Å². The highest BCUT2D eigenvalue weighted by Gasteiger charge is 2.40. The SMILES string of the molecule is CCC(C)C1C(CC)CS(=O)(=O)c2ccccc2N1c1ccccc1. The smallest absolute Gasteiger partial charge is 0.180 e. The monoisotopic (exact) mass is 357 g/mol. The molecule has 0 aliphatic carbocycles. The Bertz CT molecular complexity index is 817. The number of hydrogen-bond donors (Lipinski definition) is 0. The molecule has 0 N–H and O–H groups in total. The lowest BCUT2D eigenvalue weighted by Gasteiger charge is -2.40. The molecule has 134 valence electrons. The van der Waals surface area contributed by atoms with Gasteiger partial charge in [-0.1, -0.05) is 63.9 Å². The molecule has 2 aromatic rings.